The van der Waals surface area contributed by atoms with Crippen molar-refractivity contribution in [2.24, 2.45) is 0 Å². The third-order valence-corrected chi connectivity index (χ3v) is 17.8. The second-order valence-electron chi connectivity index (χ2n) is 25.1. The fraction of sp³-hybridized carbons (Fsp3) is 0.103. The number of rotatable bonds is 6. The van der Waals surface area contributed by atoms with E-state index in [1.165, 1.54) is 0 Å². The largest absolute Gasteiger partial charge is 0.309 e. The summed E-state index contributed by atoms with van der Waals surface area (Å²) in [6, 6.07) is 87.8. The minimum absolute atomic E-state index is 0.421. The van der Waals surface area contributed by atoms with E-state index < -0.39 is 10.8 Å². The van der Waals surface area contributed by atoms with Crippen molar-refractivity contribution in [3.8, 4) is 45.9 Å². The number of hydrogen-bond donors (Lipinski definition) is 0. The summed E-state index contributed by atoms with van der Waals surface area (Å²) in [6.45, 7) is 13.0. The highest BCUT2D eigenvalue weighted by molar-refractivity contribution is 6.40. The van der Waals surface area contributed by atoms with E-state index in [9.17, 15) is 5.26 Å². The van der Waals surface area contributed by atoms with Crippen LogP contribution in [0.4, 0.5) is 0 Å². The van der Waals surface area contributed by atoms with Crippen molar-refractivity contribution < 1.29 is 0 Å². The van der Waals surface area contributed by atoms with Gasteiger partial charge in [0.15, 0.2) is 5.82 Å². The van der Waals surface area contributed by atoms with Crippen molar-refractivity contribution in [1.29, 1.82) is 5.26 Å². The average Bonchev–Trinajstić information content (AvgIpc) is 1.52. The van der Waals surface area contributed by atoms with E-state index in [1.54, 1.807) is 0 Å². The Morgan fingerprint density at radius 3 is 1.09 bits per heavy atom. The molecule has 0 amide bonds. The van der Waals surface area contributed by atoms with E-state index in [1.807, 2.05) is 0 Å². The Morgan fingerprint density at radius 1 is 0.310 bits per heavy atom. The van der Waals surface area contributed by atoms with Crippen LogP contribution in [-0.2, 0) is 10.8 Å². The zero-order valence-corrected chi connectivity index (χ0v) is 49.0. The van der Waals surface area contributed by atoms with Gasteiger partial charge in [-0.05, 0) is 84.9 Å². The molecule has 6 heterocycles. The van der Waals surface area contributed by atoms with Crippen LogP contribution in [0.5, 0.6) is 0 Å². The molecule has 9 heteroatoms. The van der Waals surface area contributed by atoms with E-state index in [-0.39, 0.29) is 0 Å². The molecule has 414 valence electrons. The molecular weight excluding hydrogens is 1060 g/mol. The van der Waals surface area contributed by atoms with Gasteiger partial charge in [0.1, 0.15) is 23.3 Å². The van der Waals surface area contributed by atoms with Gasteiger partial charge in [-0.15, -0.1) is 0 Å². The Hall–Kier alpha value is -11.1. The van der Waals surface area contributed by atoms with Crippen LogP contribution in [-0.4, -0.2) is 37.8 Å². The standard InChI is InChI=1S/C78H57N9/c1-77(2,3)75-80-74(81-76(82-75)78(4,5)6)47-44-64(86-58-37-21-16-32-51(58)52-42-43-63-66(70(52)86)53-33-17-22-38-59(53)83(63)48-26-10-7-11-27-48)57(46-79)65(45-47)87-62-41-25-20-36-56(62)69-72-67(54-34-18-23-39-60(54)84(72)49-28-12-8-13-29-49)71-68(73(69)87)55-35-19-24-40-61(55)85(71)50-30-14-9-15-31-50/h7-45H,1-6H3. The molecule has 17 aromatic rings. The molecule has 0 unspecified atom stereocenters. The van der Waals surface area contributed by atoms with Crippen LogP contribution in [0.3, 0.4) is 0 Å². The van der Waals surface area contributed by atoms with E-state index in [2.05, 4.69) is 307 Å². The van der Waals surface area contributed by atoms with Crippen LogP contribution in [0.1, 0.15) is 58.8 Å². The topological polar surface area (TPSA) is 87.1 Å². The molecule has 0 radical (unpaired) electrons. The highest BCUT2D eigenvalue weighted by Gasteiger charge is 2.33. The van der Waals surface area contributed by atoms with E-state index in [4.69, 9.17) is 15.0 Å². The van der Waals surface area contributed by atoms with Crippen molar-refractivity contribution in [3.63, 3.8) is 0 Å². The molecule has 0 bridgehead atoms. The van der Waals surface area contributed by atoms with Gasteiger partial charge >= 0.3 is 0 Å². The molecule has 87 heavy (non-hydrogen) atoms. The number of benzene rings is 11. The van der Waals surface area contributed by atoms with Crippen molar-refractivity contribution in [2.45, 2.75) is 52.4 Å². The molecular formula is C78H57N9. The monoisotopic (exact) mass is 1120 g/mol. The normalized spacial score (nSPS) is 12.5. The molecule has 0 fully saturated rings. The molecule has 17 rings (SSSR count). The highest BCUT2D eigenvalue weighted by Crippen LogP contribution is 2.52. The Balaban J connectivity index is 1.13. The van der Waals surface area contributed by atoms with Gasteiger partial charge in [-0.3, -0.25) is 0 Å². The Kier molecular flexibility index (Phi) is 10.7. The number of nitriles is 1. The number of nitrogens with zero attached hydrogens (tertiary/aromatic N) is 9. The lowest BCUT2D eigenvalue weighted by Crippen LogP contribution is -2.24. The molecule has 9 nitrogen and oxygen atoms in total. The second-order valence-corrected chi connectivity index (χ2v) is 25.1. The van der Waals surface area contributed by atoms with Crippen molar-refractivity contribution in [3.05, 3.63) is 254 Å². The third kappa shape index (κ3) is 7.22. The van der Waals surface area contributed by atoms with Gasteiger partial charge in [0.2, 0.25) is 0 Å². The minimum atomic E-state index is -0.421. The number of hydrogen-bond acceptors (Lipinski definition) is 4. The van der Waals surface area contributed by atoms with Crippen molar-refractivity contribution >= 4 is 109 Å². The lowest BCUT2D eigenvalue weighted by atomic mass is 9.92. The molecule has 0 N–H and O–H groups in total. The van der Waals surface area contributed by atoms with Crippen molar-refractivity contribution in [1.82, 2.24) is 37.8 Å². The molecule has 0 spiro atoms. The van der Waals surface area contributed by atoms with Gasteiger partial charge in [0.05, 0.1) is 66.5 Å². The fourth-order valence-electron chi connectivity index (χ4n) is 14.1. The summed E-state index contributed by atoms with van der Waals surface area (Å²) in [5.41, 5.74) is 15.4. The number of fused-ring (bicyclic) bond motifs is 19. The van der Waals surface area contributed by atoms with Gasteiger partial charge in [-0.2, -0.15) is 5.26 Å². The zero-order chi connectivity index (χ0) is 58.6. The SMILES string of the molecule is CC(C)(C)c1nc(-c2cc(-n3c4ccccc4c4ccc5c(c6ccccc6n5-c5ccccc5)c43)c(C#N)c(-n3c4ccccc4c4c5c(c6ccccc6n5-c5ccccc5)c5c(c6ccccc6n5-c5ccccc5)c43)c2)nc(C(C)(C)C)n1. The summed E-state index contributed by atoms with van der Waals surface area (Å²) in [6.07, 6.45) is 0. The molecule has 0 aliphatic rings. The lowest BCUT2D eigenvalue weighted by molar-refractivity contribution is 0.497. The molecule has 0 atom stereocenters. The Labute approximate surface area is 501 Å². The predicted octanol–water partition coefficient (Wildman–Crippen LogP) is 19.5. The highest BCUT2D eigenvalue weighted by atomic mass is 15.1. The first-order valence-corrected chi connectivity index (χ1v) is 29.9. The summed E-state index contributed by atoms with van der Waals surface area (Å²) in [4.78, 5) is 16.2. The molecule has 0 saturated carbocycles. The van der Waals surface area contributed by atoms with Crippen LogP contribution in [0.25, 0.3) is 149 Å². The van der Waals surface area contributed by atoms with Crippen LogP contribution >= 0.6 is 0 Å². The smallest absolute Gasteiger partial charge is 0.163 e. The summed E-state index contributed by atoms with van der Waals surface area (Å²) < 4.78 is 12.1. The third-order valence-electron chi connectivity index (χ3n) is 17.8. The second kappa shape index (κ2) is 18.5. The van der Waals surface area contributed by atoms with Gasteiger partial charge in [0.25, 0.3) is 0 Å². The van der Waals surface area contributed by atoms with Crippen LogP contribution < -0.4 is 0 Å². The Morgan fingerprint density at radius 2 is 0.655 bits per heavy atom. The van der Waals surface area contributed by atoms with Gasteiger partial charge in [-0.25, -0.2) is 15.0 Å². The van der Waals surface area contributed by atoms with Crippen LogP contribution in [0, 0.1) is 11.3 Å². The number of aromatic nitrogens is 8. The molecule has 0 aliphatic carbocycles. The summed E-state index contributed by atoms with van der Waals surface area (Å²) in [5.74, 6) is 1.93. The van der Waals surface area contributed by atoms with E-state index in [0.29, 0.717) is 34.4 Å². The van der Waals surface area contributed by atoms with E-state index >= 15 is 0 Å². The van der Waals surface area contributed by atoms with E-state index in [0.717, 1.165) is 132 Å². The van der Waals surface area contributed by atoms with Crippen LogP contribution in [0.2, 0.25) is 0 Å². The summed E-state index contributed by atoms with van der Waals surface area (Å²) >= 11 is 0. The number of para-hydroxylation sites is 8. The molecule has 0 saturated heterocycles. The van der Waals surface area contributed by atoms with Crippen LogP contribution in [0.15, 0.2) is 237 Å². The average molecular weight is 1120 g/mol. The lowest BCUT2D eigenvalue weighted by Gasteiger charge is -2.23. The minimum Gasteiger partial charge on any atom is -0.309 e. The van der Waals surface area contributed by atoms with Gasteiger partial charge in [0, 0.05) is 87.3 Å². The fourth-order valence-corrected chi connectivity index (χ4v) is 14.1. The first kappa shape index (κ1) is 50.4. The zero-order valence-electron chi connectivity index (χ0n) is 49.0. The summed E-state index contributed by atoms with van der Waals surface area (Å²) in [5, 5.41) is 23.6. The molecule has 0 aliphatic heterocycles. The molecule has 11 aromatic carbocycles. The van der Waals surface area contributed by atoms with Gasteiger partial charge < -0.3 is 22.8 Å². The summed E-state index contributed by atoms with van der Waals surface area (Å²) in [7, 11) is 0. The predicted molar refractivity (Wildman–Crippen MR) is 359 cm³/mol. The molecule has 6 aromatic heterocycles. The maximum Gasteiger partial charge on any atom is 0.163 e. The first-order valence-electron chi connectivity index (χ1n) is 29.9. The van der Waals surface area contributed by atoms with Gasteiger partial charge in [-0.1, -0.05) is 193 Å². The van der Waals surface area contributed by atoms with Crippen molar-refractivity contribution in [2.75, 3.05) is 0 Å². The maximum absolute atomic E-state index is 12.7. The maximum atomic E-state index is 12.7. The first-order chi connectivity index (χ1) is 42.5. The quantitative estimate of drug-likeness (QED) is 0.166. The Bertz CT molecular complexity index is 5670.